The predicted octanol–water partition coefficient (Wildman–Crippen LogP) is 2.86. The largest absolute Gasteiger partial charge is 0.379 e. The number of thiophene rings is 1. The normalized spacial score (nSPS) is 19.8. The second-order valence-corrected chi connectivity index (χ2v) is 7.69. The van der Waals surface area contributed by atoms with Crippen LogP contribution in [0, 0.1) is 5.92 Å². The highest BCUT2D eigenvalue weighted by atomic mass is 35.5. The zero-order valence-corrected chi connectivity index (χ0v) is 17.6. The molecule has 2 aliphatic rings. The van der Waals surface area contributed by atoms with Crippen LogP contribution in [0.25, 0.3) is 0 Å². The van der Waals surface area contributed by atoms with Crippen molar-refractivity contribution in [3.05, 3.63) is 22.4 Å². The van der Waals surface area contributed by atoms with Gasteiger partial charge in [0.25, 0.3) is 0 Å². The minimum atomic E-state index is 0. The summed E-state index contributed by atoms with van der Waals surface area (Å²) in [5.74, 6) is 0.910. The molecule has 0 aliphatic carbocycles. The molecule has 2 fully saturated rings. The Morgan fingerprint density at radius 1 is 1.31 bits per heavy atom. The molecule has 150 valence electrons. The number of hydrogen-bond donors (Lipinski definition) is 2. The number of nitrogens with zero attached hydrogens (tertiary/aromatic N) is 1. The van der Waals surface area contributed by atoms with Crippen molar-refractivity contribution < 1.29 is 9.53 Å². The average molecular weight is 424 g/mol. The van der Waals surface area contributed by atoms with Crippen LogP contribution in [0.5, 0.6) is 0 Å². The number of rotatable bonds is 7. The molecule has 8 heteroatoms. The van der Waals surface area contributed by atoms with Crippen LogP contribution in [0.2, 0.25) is 0 Å². The van der Waals surface area contributed by atoms with Gasteiger partial charge in [-0.05, 0) is 49.7 Å². The third-order valence-electron chi connectivity index (χ3n) is 5.09. The summed E-state index contributed by atoms with van der Waals surface area (Å²) in [6, 6.07) is 4.54. The van der Waals surface area contributed by atoms with Crippen LogP contribution < -0.4 is 10.6 Å². The van der Waals surface area contributed by atoms with Gasteiger partial charge >= 0.3 is 0 Å². The van der Waals surface area contributed by atoms with Gasteiger partial charge in [-0.2, -0.15) is 0 Å². The van der Waals surface area contributed by atoms with Crippen LogP contribution in [0.4, 0.5) is 0 Å². The average Bonchev–Trinajstić information content (AvgIpc) is 3.16. The Balaban J connectivity index is 0.00000169. The Morgan fingerprint density at radius 3 is 2.69 bits per heavy atom. The lowest BCUT2D eigenvalue weighted by atomic mass is 9.93. The summed E-state index contributed by atoms with van der Waals surface area (Å²) in [6.07, 6.45) is 4.09. The van der Waals surface area contributed by atoms with E-state index in [0.717, 1.165) is 45.8 Å². The van der Waals surface area contributed by atoms with E-state index in [1.54, 1.807) is 11.3 Å². The first-order valence-electron chi connectivity index (χ1n) is 9.15. The van der Waals surface area contributed by atoms with Gasteiger partial charge in [0, 0.05) is 30.9 Å². The Kier molecular flexibility index (Phi) is 11.8. The van der Waals surface area contributed by atoms with E-state index >= 15 is 0 Å². The van der Waals surface area contributed by atoms with Gasteiger partial charge in [0.15, 0.2) is 0 Å². The second kappa shape index (κ2) is 12.9. The molecule has 0 spiro atoms. The number of piperidine rings is 1. The molecular weight excluding hydrogens is 393 g/mol. The molecule has 2 saturated heterocycles. The molecule has 3 heterocycles. The van der Waals surface area contributed by atoms with E-state index in [0.29, 0.717) is 18.9 Å². The van der Waals surface area contributed by atoms with E-state index in [9.17, 15) is 4.79 Å². The summed E-state index contributed by atoms with van der Waals surface area (Å²) >= 11 is 1.77. The van der Waals surface area contributed by atoms with Gasteiger partial charge in [0.1, 0.15) is 0 Å². The second-order valence-electron chi connectivity index (χ2n) is 6.72. The topological polar surface area (TPSA) is 53.6 Å². The fourth-order valence-corrected chi connectivity index (χ4v) is 4.45. The van der Waals surface area contributed by atoms with E-state index < -0.39 is 0 Å². The van der Waals surface area contributed by atoms with Crippen LogP contribution in [0.15, 0.2) is 17.5 Å². The number of nitrogens with one attached hydrogen (secondary N) is 2. The lowest BCUT2D eigenvalue weighted by Crippen LogP contribution is -2.43. The SMILES string of the molecule is Cl.Cl.O=C(CCC1CCNCC1)NCC(c1cccs1)N1CCOCC1. The molecule has 2 N–H and O–H groups in total. The van der Waals surface area contributed by atoms with Crippen molar-refractivity contribution >= 4 is 42.1 Å². The zero-order valence-electron chi connectivity index (χ0n) is 15.2. The van der Waals surface area contributed by atoms with Crippen LogP contribution in [-0.2, 0) is 9.53 Å². The molecule has 5 nitrogen and oxygen atoms in total. The van der Waals surface area contributed by atoms with Crippen molar-refractivity contribution in [2.45, 2.75) is 31.7 Å². The van der Waals surface area contributed by atoms with Gasteiger partial charge in [-0.3, -0.25) is 9.69 Å². The quantitative estimate of drug-likeness (QED) is 0.707. The molecule has 0 saturated carbocycles. The molecule has 1 amide bonds. The molecule has 0 radical (unpaired) electrons. The maximum absolute atomic E-state index is 12.3. The highest BCUT2D eigenvalue weighted by Gasteiger charge is 2.24. The molecule has 1 aromatic heterocycles. The number of carbonyl (C=O) groups is 1. The van der Waals surface area contributed by atoms with E-state index in [1.165, 1.54) is 17.7 Å². The fourth-order valence-electron chi connectivity index (χ4n) is 3.58. The first kappa shape index (κ1) is 23.7. The Hall–Kier alpha value is -0.370. The molecule has 0 bridgehead atoms. The molecule has 1 aromatic rings. The van der Waals surface area contributed by atoms with E-state index in [2.05, 4.69) is 33.0 Å². The summed E-state index contributed by atoms with van der Waals surface area (Å²) in [5, 5.41) is 8.67. The van der Waals surface area contributed by atoms with Crippen molar-refractivity contribution in [3.63, 3.8) is 0 Å². The van der Waals surface area contributed by atoms with Crippen molar-refractivity contribution in [1.29, 1.82) is 0 Å². The number of morpholine rings is 1. The van der Waals surface area contributed by atoms with Crippen molar-refractivity contribution in [2.75, 3.05) is 45.9 Å². The third kappa shape index (κ3) is 7.33. The number of halogens is 2. The van der Waals surface area contributed by atoms with Crippen LogP contribution >= 0.6 is 36.2 Å². The van der Waals surface area contributed by atoms with Gasteiger partial charge in [0.2, 0.25) is 5.91 Å². The molecule has 0 aromatic carbocycles. The highest BCUT2D eigenvalue weighted by Crippen LogP contribution is 2.25. The van der Waals surface area contributed by atoms with E-state index in [-0.39, 0.29) is 36.8 Å². The van der Waals surface area contributed by atoms with E-state index in [1.807, 2.05) is 0 Å². The molecule has 1 atom stereocenters. The summed E-state index contributed by atoms with van der Waals surface area (Å²) in [6.45, 7) is 6.34. The standard InChI is InChI=1S/C18H29N3O2S.2ClH/c22-18(4-3-15-5-7-19-8-6-15)20-14-16(17-2-1-13-24-17)21-9-11-23-12-10-21;;/h1-2,13,15-16,19H,3-12,14H2,(H,20,22);2*1H. The maximum atomic E-state index is 12.3. The minimum Gasteiger partial charge on any atom is -0.379 e. The van der Waals surface area contributed by atoms with Crippen LogP contribution in [-0.4, -0.2) is 56.7 Å². The first-order chi connectivity index (χ1) is 11.8. The van der Waals surface area contributed by atoms with Gasteiger partial charge in [0.05, 0.1) is 19.3 Å². The summed E-state index contributed by atoms with van der Waals surface area (Å²) in [4.78, 5) is 16.0. The zero-order chi connectivity index (χ0) is 16.6. The summed E-state index contributed by atoms with van der Waals surface area (Å²) in [5.41, 5.74) is 0. The van der Waals surface area contributed by atoms with Gasteiger partial charge in [-0.15, -0.1) is 36.2 Å². The number of ether oxygens (including phenoxy) is 1. The van der Waals surface area contributed by atoms with Crippen molar-refractivity contribution in [1.82, 2.24) is 15.5 Å². The Labute approximate surface area is 173 Å². The van der Waals surface area contributed by atoms with Gasteiger partial charge in [-0.25, -0.2) is 0 Å². The van der Waals surface area contributed by atoms with Crippen molar-refractivity contribution in [3.8, 4) is 0 Å². The third-order valence-corrected chi connectivity index (χ3v) is 6.06. The predicted molar refractivity (Wildman–Crippen MR) is 112 cm³/mol. The molecule has 2 aliphatic heterocycles. The van der Waals surface area contributed by atoms with Crippen molar-refractivity contribution in [2.24, 2.45) is 5.92 Å². The summed E-state index contributed by atoms with van der Waals surface area (Å²) < 4.78 is 5.47. The molecule has 26 heavy (non-hydrogen) atoms. The maximum Gasteiger partial charge on any atom is 0.220 e. The highest BCUT2D eigenvalue weighted by molar-refractivity contribution is 7.10. The smallest absolute Gasteiger partial charge is 0.220 e. The monoisotopic (exact) mass is 423 g/mol. The van der Waals surface area contributed by atoms with Crippen LogP contribution in [0.3, 0.4) is 0 Å². The molecule has 3 rings (SSSR count). The van der Waals surface area contributed by atoms with Gasteiger partial charge < -0.3 is 15.4 Å². The summed E-state index contributed by atoms with van der Waals surface area (Å²) in [7, 11) is 0. The molecular formula is C18H31Cl2N3O2S. The lowest BCUT2D eigenvalue weighted by Gasteiger charge is -2.34. The lowest BCUT2D eigenvalue weighted by molar-refractivity contribution is -0.121. The number of hydrogen-bond acceptors (Lipinski definition) is 5. The Bertz CT molecular complexity index is 493. The molecule has 1 unspecified atom stereocenters. The Morgan fingerprint density at radius 2 is 2.04 bits per heavy atom. The number of carbonyl (C=O) groups excluding carboxylic acids is 1. The fraction of sp³-hybridized carbons (Fsp3) is 0.722. The van der Waals surface area contributed by atoms with E-state index in [4.69, 9.17) is 4.74 Å². The van der Waals surface area contributed by atoms with Crippen LogP contribution in [0.1, 0.15) is 36.6 Å². The number of amides is 1. The first-order valence-corrected chi connectivity index (χ1v) is 10.0. The minimum absolute atomic E-state index is 0. The van der Waals surface area contributed by atoms with Gasteiger partial charge in [-0.1, -0.05) is 6.07 Å².